The maximum atomic E-state index is 9.37. The molecule has 0 amide bonds. The molecule has 2 aromatic rings. The molecule has 0 aliphatic rings. The van der Waals surface area contributed by atoms with Crippen molar-refractivity contribution >= 4 is 27.7 Å². The van der Waals surface area contributed by atoms with Crippen molar-refractivity contribution < 1.29 is 5.11 Å². The highest BCUT2D eigenvalue weighted by Gasteiger charge is 2.04. The highest BCUT2D eigenvalue weighted by atomic mass is 79.9. The summed E-state index contributed by atoms with van der Waals surface area (Å²) in [4.78, 5) is 6.43. The van der Waals surface area contributed by atoms with E-state index in [2.05, 4.69) is 27.0 Å². The zero-order valence-corrected chi connectivity index (χ0v) is 11.7. The topological polar surface area (TPSA) is 33.1 Å². The Morgan fingerprint density at radius 1 is 1.24 bits per heavy atom. The normalized spacial score (nSPS) is 12.4. The lowest BCUT2D eigenvalue weighted by Gasteiger charge is -2.06. The summed E-state index contributed by atoms with van der Waals surface area (Å²) in [6.45, 7) is 1.71. The van der Waals surface area contributed by atoms with Gasteiger partial charge in [0.05, 0.1) is 11.8 Å². The van der Waals surface area contributed by atoms with Crippen molar-refractivity contribution in [2.45, 2.75) is 22.8 Å². The second-order valence-corrected chi connectivity index (χ2v) is 5.60. The summed E-state index contributed by atoms with van der Waals surface area (Å²) in [5.41, 5.74) is 0.696. The van der Waals surface area contributed by atoms with Crippen LogP contribution in [0.1, 0.15) is 18.7 Å². The first kappa shape index (κ1) is 12.6. The Hall–Kier alpha value is -0.840. The Morgan fingerprint density at radius 2 is 2.00 bits per heavy atom. The van der Waals surface area contributed by atoms with Crippen LogP contribution in [0, 0.1) is 0 Å². The minimum atomic E-state index is -0.516. The Morgan fingerprint density at radius 3 is 2.59 bits per heavy atom. The molecule has 1 N–H and O–H groups in total. The fourth-order valence-corrected chi connectivity index (χ4v) is 2.69. The number of nitrogens with zero attached hydrogens (tertiary/aromatic N) is 1. The molecule has 1 atom stereocenters. The molecule has 88 valence electrons. The van der Waals surface area contributed by atoms with Crippen LogP contribution in [0.2, 0.25) is 0 Å². The Kier molecular flexibility index (Phi) is 4.20. The first-order chi connectivity index (χ1) is 8.16. The number of hydrogen-bond acceptors (Lipinski definition) is 3. The van der Waals surface area contributed by atoms with Crippen LogP contribution in [0.15, 0.2) is 56.9 Å². The first-order valence-corrected chi connectivity index (χ1v) is 6.84. The quantitative estimate of drug-likeness (QED) is 0.928. The molecule has 0 bridgehead atoms. The molecule has 0 aliphatic heterocycles. The summed E-state index contributed by atoms with van der Waals surface area (Å²) in [5.74, 6) is 0. The highest BCUT2D eigenvalue weighted by Crippen LogP contribution is 2.32. The van der Waals surface area contributed by atoms with E-state index < -0.39 is 6.10 Å². The van der Waals surface area contributed by atoms with Gasteiger partial charge in [0.2, 0.25) is 0 Å². The van der Waals surface area contributed by atoms with E-state index in [1.54, 1.807) is 24.9 Å². The SMILES string of the molecule is C[C@@H](O)c1ccc(Sc2ccccc2Br)cn1. The van der Waals surface area contributed by atoms with Crippen LogP contribution in [-0.4, -0.2) is 10.1 Å². The van der Waals surface area contributed by atoms with Gasteiger partial charge in [0.25, 0.3) is 0 Å². The average molecular weight is 310 g/mol. The molecule has 1 heterocycles. The molecule has 1 aromatic heterocycles. The molecule has 2 rings (SSSR count). The molecule has 0 fully saturated rings. The maximum absolute atomic E-state index is 9.37. The molecular weight excluding hydrogens is 298 g/mol. The molecule has 0 spiro atoms. The van der Waals surface area contributed by atoms with E-state index >= 15 is 0 Å². The van der Waals surface area contributed by atoms with E-state index in [4.69, 9.17) is 0 Å². The van der Waals surface area contributed by atoms with Crippen molar-refractivity contribution in [2.24, 2.45) is 0 Å². The van der Waals surface area contributed by atoms with E-state index in [0.717, 1.165) is 14.3 Å². The predicted molar refractivity (Wildman–Crippen MR) is 73.1 cm³/mol. The number of benzene rings is 1. The van der Waals surface area contributed by atoms with Crippen molar-refractivity contribution in [3.05, 3.63) is 52.8 Å². The lowest BCUT2D eigenvalue weighted by atomic mass is 10.2. The molecule has 0 unspecified atom stereocenters. The predicted octanol–water partition coefficient (Wildman–Crippen LogP) is 4.05. The Labute approximate surface area is 113 Å². The minimum Gasteiger partial charge on any atom is -0.387 e. The summed E-state index contributed by atoms with van der Waals surface area (Å²) < 4.78 is 1.07. The highest BCUT2D eigenvalue weighted by molar-refractivity contribution is 9.10. The van der Waals surface area contributed by atoms with Crippen LogP contribution in [0.3, 0.4) is 0 Å². The Bertz CT molecular complexity index is 499. The lowest BCUT2D eigenvalue weighted by molar-refractivity contribution is 0.194. The van der Waals surface area contributed by atoms with Gasteiger partial charge in [0, 0.05) is 20.5 Å². The molecule has 0 aliphatic carbocycles. The number of pyridine rings is 1. The van der Waals surface area contributed by atoms with Crippen LogP contribution in [0.25, 0.3) is 0 Å². The van der Waals surface area contributed by atoms with Crippen molar-refractivity contribution in [1.82, 2.24) is 4.98 Å². The van der Waals surface area contributed by atoms with E-state index in [9.17, 15) is 5.11 Å². The number of aliphatic hydroxyl groups is 1. The van der Waals surface area contributed by atoms with Crippen LogP contribution < -0.4 is 0 Å². The lowest BCUT2D eigenvalue weighted by Crippen LogP contribution is -1.94. The van der Waals surface area contributed by atoms with Gasteiger partial charge >= 0.3 is 0 Å². The van der Waals surface area contributed by atoms with Gasteiger partial charge in [0.15, 0.2) is 0 Å². The van der Waals surface area contributed by atoms with Crippen molar-refractivity contribution in [2.75, 3.05) is 0 Å². The summed E-state index contributed by atoms with van der Waals surface area (Å²) in [7, 11) is 0. The van der Waals surface area contributed by atoms with Crippen LogP contribution in [-0.2, 0) is 0 Å². The second kappa shape index (κ2) is 5.67. The molecule has 17 heavy (non-hydrogen) atoms. The Balaban J connectivity index is 2.17. The van der Waals surface area contributed by atoms with Crippen molar-refractivity contribution in [1.29, 1.82) is 0 Å². The van der Waals surface area contributed by atoms with Gasteiger partial charge in [-0.3, -0.25) is 4.98 Å². The largest absolute Gasteiger partial charge is 0.387 e. The number of aliphatic hydroxyl groups excluding tert-OH is 1. The van der Waals surface area contributed by atoms with Gasteiger partial charge in [-0.25, -0.2) is 0 Å². The molecular formula is C13H12BrNOS. The molecule has 1 aromatic carbocycles. The first-order valence-electron chi connectivity index (χ1n) is 5.23. The number of rotatable bonds is 3. The summed E-state index contributed by atoms with van der Waals surface area (Å²) in [5, 5.41) is 9.37. The standard InChI is InChI=1S/C13H12BrNOS/c1-9(16)12-7-6-10(8-15-12)17-13-5-3-2-4-11(13)14/h2-9,16H,1H3/t9-/m1/s1. The third kappa shape index (κ3) is 3.31. The fraction of sp³-hybridized carbons (Fsp3) is 0.154. The maximum Gasteiger partial charge on any atom is 0.0931 e. The number of halogens is 1. The molecule has 0 saturated heterocycles. The van der Waals surface area contributed by atoms with Gasteiger partial charge in [-0.15, -0.1) is 0 Å². The summed E-state index contributed by atoms with van der Waals surface area (Å²) in [6.07, 6.45) is 1.27. The van der Waals surface area contributed by atoms with Crippen molar-refractivity contribution in [3.63, 3.8) is 0 Å². The average Bonchev–Trinajstić information content (AvgIpc) is 2.33. The van der Waals surface area contributed by atoms with Gasteiger partial charge in [-0.05, 0) is 47.1 Å². The summed E-state index contributed by atoms with van der Waals surface area (Å²) in [6, 6.07) is 11.9. The zero-order chi connectivity index (χ0) is 12.3. The van der Waals surface area contributed by atoms with E-state index in [-0.39, 0.29) is 0 Å². The number of hydrogen-bond donors (Lipinski definition) is 1. The summed E-state index contributed by atoms with van der Waals surface area (Å²) >= 11 is 5.15. The van der Waals surface area contributed by atoms with Crippen molar-refractivity contribution in [3.8, 4) is 0 Å². The monoisotopic (exact) mass is 309 g/mol. The van der Waals surface area contributed by atoms with Gasteiger partial charge in [0.1, 0.15) is 0 Å². The second-order valence-electron chi connectivity index (χ2n) is 3.63. The third-order valence-corrected chi connectivity index (χ3v) is 4.26. The number of aromatic nitrogens is 1. The third-order valence-electron chi connectivity index (χ3n) is 2.25. The van der Waals surface area contributed by atoms with Gasteiger partial charge < -0.3 is 5.11 Å². The molecule has 2 nitrogen and oxygen atoms in total. The molecule has 0 radical (unpaired) electrons. The minimum absolute atomic E-state index is 0.516. The van der Waals surface area contributed by atoms with E-state index in [1.165, 1.54) is 0 Å². The van der Waals surface area contributed by atoms with Gasteiger partial charge in [-0.2, -0.15) is 0 Å². The fourth-order valence-electron chi connectivity index (χ4n) is 1.35. The van der Waals surface area contributed by atoms with E-state index in [1.807, 2.05) is 30.3 Å². The zero-order valence-electron chi connectivity index (χ0n) is 9.30. The van der Waals surface area contributed by atoms with E-state index in [0.29, 0.717) is 5.69 Å². The molecule has 0 saturated carbocycles. The van der Waals surface area contributed by atoms with Crippen LogP contribution >= 0.6 is 27.7 Å². The molecule has 4 heteroatoms. The van der Waals surface area contributed by atoms with Gasteiger partial charge in [-0.1, -0.05) is 23.9 Å². The smallest absolute Gasteiger partial charge is 0.0931 e. The van der Waals surface area contributed by atoms with Crippen LogP contribution in [0.5, 0.6) is 0 Å². The van der Waals surface area contributed by atoms with Crippen LogP contribution in [0.4, 0.5) is 0 Å².